The molecule has 6 nitrogen and oxygen atoms in total. The maximum Gasteiger partial charge on any atom is 0.247 e. The van der Waals surface area contributed by atoms with Crippen molar-refractivity contribution in [2.24, 2.45) is 15.7 Å². The fourth-order valence-corrected chi connectivity index (χ4v) is 3.40. The van der Waals surface area contributed by atoms with Crippen molar-refractivity contribution in [3.8, 4) is 0 Å². The van der Waals surface area contributed by atoms with Gasteiger partial charge in [-0.05, 0) is 27.7 Å². The Hall–Kier alpha value is -2.05. The van der Waals surface area contributed by atoms with E-state index in [0.717, 1.165) is 5.56 Å². The summed E-state index contributed by atoms with van der Waals surface area (Å²) in [6.45, 7) is 7.66. The van der Waals surface area contributed by atoms with Gasteiger partial charge >= 0.3 is 0 Å². The summed E-state index contributed by atoms with van der Waals surface area (Å²) in [5.41, 5.74) is 6.47. The van der Waals surface area contributed by atoms with E-state index in [-0.39, 0.29) is 6.17 Å². The molecule has 3 rings (SSSR count). The number of amides is 1. The number of aryl methyl sites for hydroxylation is 1. The maximum atomic E-state index is 12.2. The molecule has 1 aromatic rings. The van der Waals surface area contributed by atoms with E-state index in [4.69, 9.17) is 10.7 Å². The molecule has 1 aromatic carbocycles. The van der Waals surface area contributed by atoms with E-state index in [2.05, 4.69) is 15.6 Å². The summed E-state index contributed by atoms with van der Waals surface area (Å²) in [5.74, 6) is 0.139. The molecule has 0 aromatic heterocycles. The van der Waals surface area contributed by atoms with Crippen LogP contribution in [0.4, 0.5) is 0 Å². The van der Waals surface area contributed by atoms with Crippen molar-refractivity contribution in [2.45, 2.75) is 45.1 Å². The van der Waals surface area contributed by atoms with E-state index in [0.29, 0.717) is 11.5 Å². The van der Waals surface area contributed by atoms with Gasteiger partial charge in [0, 0.05) is 5.56 Å². The van der Waals surface area contributed by atoms with E-state index in [1.54, 1.807) is 0 Å². The molecule has 4 N–H and O–H groups in total. The maximum absolute atomic E-state index is 12.2. The Bertz CT molecular complexity index is 693. The number of aliphatic imine (C=N–C) groups is 2. The van der Waals surface area contributed by atoms with Crippen LogP contribution in [0.5, 0.6) is 0 Å². The van der Waals surface area contributed by atoms with Crippen LogP contribution in [0.25, 0.3) is 0 Å². The van der Waals surface area contributed by atoms with E-state index < -0.39 is 17.1 Å². The Morgan fingerprint density at radius 1 is 1.23 bits per heavy atom. The second-order valence-corrected chi connectivity index (χ2v) is 6.20. The molecule has 6 heteroatoms. The SMILES string of the molecule is CC1=NC(c2ccc(C)cc2)=NC2(C)NC(C)NC12C(N)=O. The number of amidine groups is 1. The molecule has 116 valence electrons. The zero-order chi connectivity index (χ0) is 16.1. The third-order valence-corrected chi connectivity index (χ3v) is 4.49. The van der Waals surface area contributed by atoms with Gasteiger partial charge in [-0.1, -0.05) is 29.8 Å². The van der Waals surface area contributed by atoms with Gasteiger partial charge in [-0.3, -0.25) is 15.4 Å². The molecule has 0 bridgehead atoms. The van der Waals surface area contributed by atoms with Crippen LogP contribution >= 0.6 is 0 Å². The van der Waals surface area contributed by atoms with E-state index in [9.17, 15) is 4.79 Å². The van der Waals surface area contributed by atoms with Gasteiger partial charge in [-0.2, -0.15) is 0 Å². The summed E-state index contributed by atoms with van der Waals surface area (Å²) in [6, 6.07) is 8.00. The van der Waals surface area contributed by atoms with E-state index in [1.807, 2.05) is 52.0 Å². The summed E-state index contributed by atoms with van der Waals surface area (Å²) in [4.78, 5) is 21.5. The number of fused-ring (bicyclic) bond motifs is 1. The van der Waals surface area contributed by atoms with E-state index in [1.165, 1.54) is 5.56 Å². The average Bonchev–Trinajstić information content (AvgIpc) is 2.71. The van der Waals surface area contributed by atoms with Crippen molar-refractivity contribution >= 4 is 17.5 Å². The lowest BCUT2D eigenvalue weighted by molar-refractivity contribution is -0.123. The Balaban J connectivity index is 2.13. The van der Waals surface area contributed by atoms with Crippen LogP contribution in [0.2, 0.25) is 0 Å². The van der Waals surface area contributed by atoms with Gasteiger partial charge in [-0.25, -0.2) is 9.98 Å². The lowest BCUT2D eigenvalue weighted by atomic mass is 9.80. The summed E-state index contributed by atoms with van der Waals surface area (Å²) >= 11 is 0. The molecule has 2 heterocycles. The van der Waals surface area contributed by atoms with Crippen LogP contribution in [-0.4, -0.2) is 34.8 Å². The van der Waals surface area contributed by atoms with E-state index >= 15 is 0 Å². The number of carbonyl (C=O) groups is 1. The standard InChI is InChI=1S/C16H21N5O/c1-9-5-7-12(8-6-9)13-18-10(2)16(14(17)22)15(4,21-13)19-11(3)20-16/h5-8,11,19-20H,1-4H3,(H2,17,22). The number of nitrogens with two attached hydrogens (primary N) is 1. The monoisotopic (exact) mass is 299 g/mol. The first-order valence-corrected chi connectivity index (χ1v) is 7.36. The largest absolute Gasteiger partial charge is 0.368 e. The minimum absolute atomic E-state index is 0.0937. The minimum atomic E-state index is -1.10. The van der Waals surface area contributed by atoms with Crippen molar-refractivity contribution in [3.05, 3.63) is 35.4 Å². The summed E-state index contributed by atoms with van der Waals surface area (Å²) in [7, 11) is 0. The lowest BCUT2D eigenvalue weighted by Gasteiger charge is -2.40. The van der Waals surface area contributed by atoms with Gasteiger partial charge in [-0.15, -0.1) is 0 Å². The number of primary amides is 1. The number of hydrogen-bond donors (Lipinski definition) is 3. The molecule has 0 radical (unpaired) electrons. The Morgan fingerprint density at radius 2 is 1.86 bits per heavy atom. The molecular formula is C16H21N5O. The molecule has 1 fully saturated rings. The normalized spacial score (nSPS) is 33.9. The number of carbonyl (C=O) groups excluding carboxylic acids is 1. The van der Waals surface area contributed by atoms with Crippen molar-refractivity contribution < 1.29 is 4.79 Å². The van der Waals surface area contributed by atoms with Crippen LogP contribution < -0.4 is 16.4 Å². The molecule has 1 saturated heterocycles. The molecule has 22 heavy (non-hydrogen) atoms. The van der Waals surface area contributed by atoms with Gasteiger partial charge in [0.1, 0.15) is 5.66 Å². The lowest BCUT2D eigenvalue weighted by Crippen LogP contribution is -2.70. The molecule has 3 atom stereocenters. The minimum Gasteiger partial charge on any atom is -0.368 e. The third kappa shape index (κ3) is 1.91. The highest BCUT2D eigenvalue weighted by molar-refractivity contribution is 6.20. The summed E-state index contributed by atoms with van der Waals surface area (Å²) in [6.07, 6.45) is -0.0937. The van der Waals surface area contributed by atoms with Gasteiger partial charge in [0.2, 0.25) is 5.91 Å². The highest BCUT2D eigenvalue weighted by Gasteiger charge is 2.62. The van der Waals surface area contributed by atoms with Crippen LogP contribution in [0.15, 0.2) is 34.3 Å². The quantitative estimate of drug-likeness (QED) is 0.750. The van der Waals surface area contributed by atoms with Gasteiger partial charge < -0.3 is 5.73 Å². The predicted molar refractivity (Wildman–Crippen MR) is 86.9 cm³/mol. The smallest absolute Gasteiger partial charge is 0.247 e. The second kappa shape index (κ2) is 4.72. The van der Waals surface area contributed by atoms with Crippen LogP contribution in [0.3, 0.4) is 0 Å². The van der Waals surface area contributed by atoms with Crippen LogP contribution in [0.1, 0.15) is 31.9 Å². The molecule has 3 unspecified atom stereocenters. The highest BCUT2D eigenvalue weighted by atomic mass is 16.2. The molecule has 0 aliphatic carbocycles. The van der Waals surface area contributed by atoms with Crippen molar-refractivity contribution in [2.75, 3.05) is 0 Å². The summed E-state index contributed by atoms with van der Waals surface area (Å²) in [5, 5.41) is 6.53. The Kier molecular flexibility index (Phi) is 3.19. The second-order valence-electron chi connectivity index (χ2n) is 6.20. The molecule has 2 aliphatic heterocycles. The molecule has 2 aliphatic rings. The predicted octanol–water partition coefficient (Wildman–Crippen LogP) is 0.695. The zero-order valence-corrected chi connectivity index (χ0v) is 13.3. The number of rotatable bonds is 2. The third-order valence-electron chi connectivity index (χ3n) is 4.49. The summed E-state index contributed by atoms with van der Waals surface area (Å²) < 4.78 is 0. The molecule has 0 spiro atoms. The van der Waals surface area contributed by atoms with Crippen molar-refractivity contribution in [3.63, 3.8) is 0 Å². The zero-order valence-electron chi connectivity index (χ0n) is 13.3. The molecule has 0 saturated carbocycles. The first kappa shape index (κ1) is 14.9. The fraction of sp³-hybridized carbons (Fsp3) is 0.438. The molecule has 1 amide bonds. The number of nitrogens with zero attached hydrogens (tertiary/aromatic N) is 2. The first-order chi connectivity index (χ1) is 10.3. The number of nitrogens with one attached hydrogen (secondary N) is 2. The van der Waals surface area contributed by atoms with Gasteiger partial charge in [0.15, 0.2) is 11.4 Å². The van der Waals surface area contributed by atoms with Crippen LogP contribution in [0, 0.1) is 6.92 Å². The van der Waals surface area contributed by atoms with Crippen molar-refractivity contribution in [1.29, 1.82) is 0 Å². The first-order valence-electron chi connectivity index (χ1n) is 7.36. The highest BCUT2D eigenvalue weighted by Crippen LogP contribution is 2.35. The topological polar surface area (TPSA) is 91.9 Å². The van der Waals surface area contributed by atoms with Crippen LogP contribution in [-0.2, 0) is 4.79 Å². The van der Waals surface area contributed by atoms with Gasteiger partial charge in [0.05, 0.1) is 11.9 Å². The molecular weight excluding hydrogens is 278 g/mol. The number of hydrogen-bond acceptors (Lipinski definition) is 5. The van der Waals surface area contributed by atoms with Gasteiger partial charge in [0.25, 0.3) is 0 Å². The Morgan fingerprint density at radius 3 is 2.45 bits per heavy atom. The van der Waals surface area contributed by atoms with Crippen molar-refractivity contribution in [1.82, 2.24) is 10.6 Å². The fourth-order valence-electron chi connectivity index (χ4n) is 3.40. The average molecular weight is 299 g/mol. The number of benzene rings is 1. The Labute approximate surface area is 129 Å².